The summed E-state index contributed by atoms with van der Waals surface area (Å²) in [7, 11) is 0. The van der Waals surface area contributed by atoms with Gasteiger partial charge in [-0.05, 0) is 30.5 Å². The highest BCUT2D eigenvalue weighted by atomic mass is 15.0. The lowest BCUT2D eigenvalue weighted by Gasteiger charge is -2.05. The molecule has 2 aromatic rings. The van der Waals surface area contributed by atoms with Gasteiger partial charge in [0.25, 0.3) is 0 Å². The standard InChI is InChI=1S/C14H17N2/c1-2-3-4-6-13-7-5-8-14(11-13)16-10-9-15-12-16/h5,7-11H,2-4,6H2,1H3. The topological polar surface area (TPSA) is 17.8 Å². The number of aryl methyl sites for hydroxylation is 1. The zero-order valence-electron chi connectivity index (χ0n) is 9.69. The van der Waals surface area contributed by atoms with E-state index in [9.17, 15) is 0 Å². The molecule has 2 nitrogen and oxygen atoms in total. The van der Waals surface area contributed by atoms with Crippen LogP contribution in [0.25, 0.3) is 5.69 Å². The molecule has 1 heterocycles. The number of hydrogen-bond donors (Lipinski definition) is 0. The van der Waals surface area contributed by atoms with Gasteiger partial charge in [-0.2, -0.15) is 0 Å². The van der Waals surface area contributed by atoms with Crippen LogP contribution in [0.15, 0.2) is 36.7 Å². The fourth-order valence-electron chi connectivity index (χ4n) is 1.81. The fraction of sp³-hybridized carbons (Fsp3) is 0.357. The molecule has 0 aliphatic heterocycles. The van der Waals surface area contributed by atoms with Gasteiger partial charge in [-0.1, -0.05) is 31.9 Å². The van der Waals surface area contributed by atoms with Crippen molar-refractivity contribution in [2.45, 2.75) is 32.6 Å². The van der Waals surface area contributed by atoms with Gasteiger partial charge < -0.3 is 0 Å². The highest BCUT2D eigenvalue weighted by molar-refractivity contribution is 5.35. The second-order valence-corrected chi connectivity index (χ2v) is 4.02. The molecule has 0 amide bonds. The lowest BCUT2D eigenvalue weighted by molar-refractivity contribution is 0.717. The van der Waals surface area contributed by atoms with Crippen molar-refractivity contribution >= 4 is 0 Å². The van der Waals surface area contributed by atoms with E-state index in [4.69, 9.17) is 0 Å². The summed E-state index contributed by atoms with van der Waals surface area (Å²) < 4.78 is 1.92. The van der Waals surface area contributed by atoms with Crippen molar-refractivity contribution < 1.29 is 0 Å². The lowest BCUT2D eigenvalue weighted by Crippen LogP contribution is -1.93. The molecule has 0 unspecified atom stereocenters. The summed E-state index contributed by atoms with van der Waals surface area (Å²) in [6.45, 7) is 2.23. The van der Waals surface area contributed by atoms with Crippen molar-refractivity contribution in [1.29, 1.82) is 0 Å². The van der Waals surface area contributed by atoms with Crippen molar-refractivity contribution in [2.75, 3.05) is 0 Å². The van der Waals surface area contributed by atoms with Gasteiger partial charge in [0.1, 0.15) is 0 Å². The molecule has 2 rings (SSSR count). The Morgan fingerprint density at radius 1 is 1.31 bits per heavy atom. The molecule has 0 aliphatic rings. The molecule has 0 spiro atoms. The van der Waals surface area contributed by atoms with Crippen LogP contribution in [0.3, 0.4) is 0 Å². The molecule has 1 radical (unpaired) electrons. The normalized spacial score (nSPS) is 10.6. The summed E-state index contributed by atoms with van der Waals surface area (Å²) in [5, 5.41) is 0. The van der Waals surface area contributed by atoms with Crippen LogP contribution >= 0.6 is 0 Å². The molecule has 1 aromatic carbocycles. The Balaban J connectivity index is 2.08. The lowest BCUT2D eigenvalue weighted by atomic mass is 10.1. The predicted octanol–water partition coefficient (Wildman–Crippen LogP) is 3.41. The minimum Gasteiger partial charge on any atom is -0.297 e. The van der Waals surface area contributed by atoms with Gasteiger partial charge >= 0.3 is 0 Å². The minimum absolute atomic E-state index is 1.14. The number of nitrogens with zero attached hydrogens (tertiary/aromatic N) is 2. The van der Waals surface area contributed by atoms with Crippen LogP contribution in [0.1, 0.15) is 31.7 Å². The third kappa shape index (κ3) is 2.72. The van der Waals surface area contributed by atoms with Crippen LogP contribution in [0.2, 0.25) is 0 Å². The van der Waals surface area contributed by atoms with Gasteiger partial charge in [0.15, 0.2) is 6.33 Å². The summed E-state index contributed by atoms with van der Waals surface area (Å²) in [6, 6.07) is 8.59. The second-order valence-electron chi connectivity index (χ2n) is 4.02. The van der Waals surface area contributed by atoms with Crippen LogP contribution in [0.5, 0.6) is 0 Å². The number of unbranched alkanes of at least 4 members (excludes halogenated alkanes) is 2. The monoisotopic (exact) mass is 213 g/mol. The highest BCUT2D eigenvalue weighted by Crippen LogP contribution is 2.12. The number of hydrogen-bond acceptors (Lipinski definition) is 1. The number of rotatable bonds is 5. The average molecular weight is 213 g/mol. The van der Waals surface area contributed by atoms with Crippen molar-refractivity contribution in [2.24, 2.45) is 0 Å². The first-order valence-electron chi connectivity index (χ1n) is 5.90. The van der Waals surface area contributed by atoms with Crippen molar-refractivity contribution in [1.82, 2.24) is 9.55 Å². The molecule has 0 bridgehead atoms. The van der Waals surface area contributed by atoms with Gasteiger partial charge in [-0.3, -0.25) is 4.57 Å². The van der Waals surface area contributed by atoms with Crippen molar-refractivity contribution in [3.63, 3.8) is 0 Å². The van der Waals surface area contributed by atoms with E-state index >= 15 is 0 Å². The Morgan fingerprint density at radius 3 is 3.00 bits per heavy atom. The summed E-state index contributed by atoms with van der Waals surface area (Å²) in [5.74, 6) is 0. The fourth-order valence-corrected chi connectivity index (χ4v) is 1.81. The van der Waals surface area contributed by atoms with E-state index in [-0.39, 0.29) is 0 Å². The molecule has 0 saturated heterocycles. The molecular weight excluding hydrogens is 196 g/mol. The predicted molar refractivity (Wildman–Crippen MR) is 65.6 cm³/mol. The Bertz CT molecular complexity index is 418. The molecule has 83 valence electrons. The Morgan fingerprint density at radius 2 is 2.25 bits per heavy atom. The molecule has 2 heteroatoms. The first-order valence-corrected chi connectivity index (χ1v) is 5.90. The second kappa shape index (κ2) is 5.50. The maximum atomic E-state index is 3.94. The van der Waals surface area contributed by atoms with E-state index in [2.05, 4.69) is 42.5 Å². The minimum atomic E-state index is 1.14. The quantitative estimate of drug-likeness (QED) is 0.696. The number of imidazole rings is 1. The summed E-state index contributed by atoms with van der Waals surface area (Å²) in [4.78, 5) is 3.94. The summed E-state index contributed by atoms with van der Waals surface area (Å²) in [6.07, 6.45) is 11.6. The van der Waals surface area contributed by atoms with Crippen LogP contribution in [0, 0.1) is 6.33 Å². The first kappa shape index (κ1) is 10.9. The Labute approximate surface area is 97.0 Å². The van der Waals surface area contributed by atoms with Crippen LogP contribution < -0.4 is 0 Å². The number of benzene rings is 1. The van der Waals surface area contributed by atoms with E-state index in [1.807, 2.05) is 10.8 Å². The molecule has 16 heavy (non-hydrogen) atoms. The molecule has 0 aliphatic carbocycles. The van der Waals surface area contributed by atoms with Crippen LogP contribution in [-0.2, 0) is 6.42 Å². The van der Waals surface area contributed by atoms with Crippen LogP contribution in [0.4, 0.5) is 0 Å². The molecule has 0 N–H and O–H groups in total. The molecule has 1 aromatic heterocycles. The smallest absolute Gasteiger partial charge is 0.181 e. The third-order valence-corrected chi connectivity index (χ3v) is 2.71. The zero-order valence-corrected chi connectivity index (χ0v) is 9.69. The molecule has 0 fully saturated rings. The van der Waals surface area contributed by atoms with Gasteiger partial charge in [-0.15, -0.1) is 0 Å². The average Bonchev–Trinajstić information content (AvgIpc) is 2.83. The SMILES string of the molecule is CCCCCc1cccc(-n2[c]ncc2)c1. The van der Waals surface area contributed by atoms with E-state index in [0.717, 1.165) is 12.1 Å². The molecule has 0 saturated carbocycles. The van der Waals surface area contributed by atoms with Gasteiger partial charge in [0.2, 0.25) is 0 Å². The Kier molecular flexibility index (Phi) is 3.76. The summed E-state index contributed by atoms with van der Waals surface area (Å²) in [5.41, 5.74) is 2.54. The molecular formula is C14H17N2. The zero-order chi connectivity index (χ0) is 11.2. The van der Waals surface area contributed by atoms with E-state index in [1.54, 1.807) is 6.20 Å². The van der Waals surface area contributed by atoms with Crippen molar-refractivity contribution in [3.8, 4) is 5.69 Å². The number of aromatic nitrogens is 2. The van der Waals surface area contributed by atoms with E-state index < -0.39 is 0 Å². The maximum absolute atomic E-state index is 3.94. The van der Waals surface area contributed by atoms with Crippen molar-refractivity contribution in [3.05, 3.63) is 48.5 Å². The van der Waals surface area contributed by atoms with E-state index in [1.165, 1.54) is 24.8 Å². The first-order chi connectivity index (χ1) is 7.90. The van der Waals surface area contributed by atoms with Gasteiger partial charge in [0.05, 0.1) is 0 Å². The summed E-state index contributed by atoms with van der Waals surface area (Å²) >= 11 is 0. The van der Waals surface area contributed by atoms with Gasteiger partial charge in [0, 0.05) is 18.1 Å². The maximum Gasteiger partial charge on any atom is 0.181 e. The van der Waals surface area contributed by atoms with E-state index in [0.29, 0.717) is 0 Å². The highest BCUT2D eigenvalue weighted by Gasteiger charge is 1.98. The largest absolute Gasteiger partial charge is 0.297 e. The third-order valence-electron chi connectivity index (χ3n) is 2.71. The van der Waals surface area contributed by atoms with Gasteiger partial charge in [-0.25, -0.2) is 4.98 Å². The van der Waals surface area contributed by atoms with Crippen LogP contribution in [-0.4, -0.2) is 9.55 Å². The Hall–Kier alpha value is -1.57. The molecule has 0 atom stereocenters.